The van der Waals surface area contributed by atoms with E-state index in [0.29, 0.717) is 12.8 Å². The zero-order chi connectivity index (χ0) is 14.2. The largest absolute Gasteiger partial charge is 0.342 e. The number of para-hydroxylation sites is 1. The lowest BCUT2D eigenvalue weighted by Crippen LogP contribution is -2.41. The van der Waals surface area contributed by atoms with Crippen LogP contribution in [0.1, 0.15) is 31.2 Å². The van der Waals surface area contributed by atoms with Crippen LogP contribution in [0, 0.1) is 12.3 Å². The summed E-state index contributed by atoms with van der Waals surface area (Å²) in [4.78, 5) is 26.9. The summed E-state index contributed by atoms with van der Waals surface area (Å²) in [6.45, 7) is 3.56. The van der Waals surface area contributed by atoms with Gasteiger partial charge in [-0.1, -0.05) is 18.2 Å². The van der Waals surface area contributed by atoms with E-state index in [0.717, 1.165) is 37.2 Å². The first-order valence-electron chi connectivity index (χ1n) is 7.30. The van der Waals surface area contributed by atoms with E-state index in [4.69, 9.17) is 0 Å². The van der Waals surface area contributed by atoms with Crippen molar-refractivity contribution in [3.8, 4) is 0 Å². The second kappa shape index (κ2) is 4.93. The molecule has 106 valence electrons. The van der Waals surface area contributed by atoms with Gasteiger partial charge in [-0.2, -0.15) is 0 Å². The Hall–Kier alpha value is -1.84. The van der Waals surface area contributed by atoms with E-state index in [1.54, 1.807) is 0 Å². The molecule has 0 unspecified atom stereocenters. The summed E-state index contributed by atoms with van der Waals surface area (Å²) in [6, 6.07) is 7.67. The van der Waals surface area contributed by atoms with E-state index < -0.39 is 5.41 Å². The van der Waals surface area contributed by atoms with Gasteiger partial charge in [0.15, 0.2) is 0 Å². The van der Waals surface area contributed by atoms with Crippen LogP contribution in [0.4, 0.5) is 5.69 Å². The van der Waals surface area contributed by atoms with Crippen LogP contribution in [-0.2, 0) is 9.59 Å². The predicted octanol–water partition coefficient (Wildman–Crippen LogP) is 2.34. The van der Waals surface area contributed by atoms with Gasteiger partial charge in [0, 0.05) is 18.8 Å². The molecule has 20 heavy (non-hydrogen) atoms. The van der Waals surface area contributed by atoms with Gasteiger partial charge in [0.25, 0.3) is 0 Å². The Morgan fingerprint density at radius 1 is 1.15 bits per heavy atom. The molecule has 1 aromatic carbocycles. The van der Waals surface area contributed by atoms with Gasteiger partial charge < -0.3 is 10.2 Å². The monoisotopic (exact) mass is 272 g/mol. The highest BCUT2D eigenvalue weighted by molar-refractivity contribution is 6.13. The van der Waals surface area contributed by atoms with Crippen molar-refractivity contribution >= 4 is 17.5 Å². The van der Waals surface area contributed by atoms with Crippen molar-refractivity contribution in [3.05, 3.63) is 29.8 Å². The average molecular weight is 272 g/mol. The maximum Gasteiger partial charge on any atom is 0.240 e. The fourth-order valence-electron chi connectivity index (χ4n) is 2.84. The van der Waals surface area contributed by atoms with Crippen molar-refractivity contribution in [1.29, 1.82) is 0 Å². The van der Waals surface area contributed by atoms with Gasteiger partial charge >= 0.3 is 0 Å². The number of likely N-dealkylation sites (tertiary alicyclic amines) is 1. The molecule has 3 rings (SSSR count). The highest BCUT2D eigenvalue weighted by atomic mass is 16.2. The van der Waals surface area contributed by atoms with Crippen molar-refractivity contribution < 1.29 is 9.59 Å². The molecule has 2 aliphatic rings. The Bertz CT molecular complexity index is 543. The second-order valence-corrected chi connectivity index (χ2v) is 5.85. The molecule has 1 saturated carbocycles. The number of rotatable bonds is 3. The minimum absolute atomic E-state index is 0.0288. The van der Waals surface area contributed by atoms with Gasteiger partial charge in [-0.05, 0) is 44.2 Å². The summed E-state index contributed by atoms with van der Waals surface area (Å²) in [5.74, 6) is -0.107. The number of aryl methyl sites for hydroxylation is 1. The molecule has 2 fully saturated rings. The van der Waals surface area contributed by atoms with E-state index in [-0.39, 0.29) is 11.8 Å². The molecule has 1 aliphatic heterocycles. The fraction of sp³-hybridized carbons (Fsp3) is 0.500. The van der Waals surface area contributed by atoms with Crippen LogP contribution in [0.2, 0.25) is 0 Å². The number of amides is 2. The van der Waals surface area contributed by atoms with Crippen LogP contribution in [-0.4, -0.2) is 29.8 Å². The summed E-state index contributed by atoms with van der Waals surface area (Å²) in [5, 5.41) is 2.93. The molecule has 1 aliphatic carbocycles. The first-order valence-corrected chi connectivity index (χ1v) is 7.30. The van der Waals surface area contributed by atoms with Crippen LogP contribution < -0.4 is 5.32 Å². The number of hydrogen-bond donors (Lipinski definition) is 1. The topological polar surface area (TPSA) is 49.4 Å². The number of hydrogen-bond acceptors (Lipinski definition) is 2. The maximum absolute atomic E-state index is 12.5. The van der Waals surface area contributed by atoms with Crippen molar-refractivity contribution in [2.24, 2.45) is 5.41 Å². The lowest BCUT2D eigenvalue weighted by atomic mass is 10.0. The Labute approximate surface area is 119 Å². The molecule has 0 radical (unpaired) electrons. The van der Waals surface area contributed by atoms with E-state index in [2.05, 4.69) is 5.32 Å². The normalized spacial score (nSPS) is 19.8. The number of carbonyl (C=O) groups excluding carboxylic acids is 2. The number of anilines is 1. The molecule has 1 N–H and O–H groups in total. The highest BCUT2D eigenvalue weighted by Gasteiger charge is 2.58. The maximum atomic E-state index is 12.5. The van der Waals surface area contributed by atoms with E-state index in [1.165, 1.54) is 0 Å². The third-order valence-corrected chi connectivity index (χ3v) is 4.38. The number of carbonyl (C=O) groups is 2. The highest BCUT2D eigenvalue weighted by Crippen LogP contribution is 2.48. The van der Waals surface area contributed by atoms with Gasteiger partial charge in [0.05, 0.1) is 0 Å². The molecular formula is C16H20N2O2. The van der Waals surface area contributed by atoms with Gasteiger partial charge in [-0.3, -0.25) is 9.59 Å². The van der Waals surface area contributed by atoms with Gasteiger partial charge in [-0.25, -0.2) is 0 Å². The first-order chi connectivity index (χ1) is 9.63. The summed E-state index contributed by atoms with van der Waals surface area (Å²) in [6.07, 6.45) is 3.47. The number of nitrogens with zero attached hydrogens (tertiary/aromatic N) is 1. The van der Waals surface area contributed by atoms with Crippen molar-refractivity contribution in [2.45, 2.75) is 32.6 Å². The van der Waals surface area contributed by atoms with Crippen LogP contribution in [0.5, 0.6) is 0 Å². The quantitative estimate of drug-likeness (QED) is 0.859. The lowest BCUT2D eigenvalue weighted by Gasteiger charge is -2.22. The zero-order valence-electron chi connectivity index (χ0n) is 11.8. The standard InChI is InChI=1S/C16H20N2O2/c1-12-6-2-3-7-13(12)17-14(19)16(8-9-16)15(20)18-10-4-5-11-18/h2-3,6-7H,4-5,8-11H2,1H3,(H,17,19). The Morgan fingerprint density at radius 3 is 2.40 bits per heavy atom. The molecule has 0 atom stereocenters. The average Bonchev–Trinajstić information content (AvgIpc) is 3.08. The van der Waals surface area contributed by atoms with Crippen molar-refractivity contribution in [1.82, 2.24) is 4.90 Å². The third-order valence-electron chi connectivity index (χ3n) is 4.38. The summed E-state index contributed by atoms with van der Waals surface area (Å²) >= 11 is 0. The molecule has 0 aromatic heterocycles. The second-order valence-electron chi connectivity index (χ2n) is 5.85. The van der Waals surface area contributed by atoms with E-state index in [1.807, 2.05) is 36.1 Å². The van der Waals surface area contributed by atoms with E-state index in [9.17, 15) is 9.59 Å². The molecule has 4 nitrogen and oxygen atoms in total. The zero-order valence-corrected chi connectivity index (χ0v) is 11.8. The van der Waals surface area contributed by atoms with E-state index >= 15 is 0 Å². The van der Waals surface area contributed by atoms with Crippen LogP contribution in [0.3, 0.4) is 0 Å². The molecule has 4 heteroatoms. The smallest absolute Gasteiger partial charge is 0.240 e. The molecule has 0 spiro atoms. The fourth-order valence-corrected chi connectivity index (χ4v) is 2.84. The van der Waals surface area contributed by atoms with Crippen molar-refractivity contribution in [2.75, 3.05) is 18.4 Å². The minimum Gasteiger partial charge on any atom is -0.342 e. The van der Waals surface area contributed by atoms with Crippen LogP contribution in [0.25, 0.3) is 0 Å². The predicted molar refractivity (Wildman–Crippen MR) is 77.3 cm³/mol. The number of benzene rings is 1. The molecular weight excluding hydrogens is 252 g/mol. The van der Waals surface area contributed by atoms with Crippen molar-refractivity contribution in [3.63, 3.8) is 0 Å². The summed E-state index contributed by atoms with van der Waals surface area (Å²) in [7, 11) is 0. The summed E-state index contributed by atoms with van der Waals surface area (Å²) < 4.78 is 0. The Balaban J connectivity index is 1.73. The lowest BCUT2D eigenvalue weighted by molar-refractivity contribution is -0.141. The molecule has 0 bridgehead atoms. The molecule has 1 aromatic rings. The first kappa shape index (κ1) is 13.2. The molecule has 1 heterocycles. The SMILES string of the molecule is Cc1ccccc1NC(=O)C1(C(=O)N2CCCC2)CC1. The summed E-state index contributed by atoms with van der Waals surface area (Å²) in [5.41, 5.74) is 1.04. The van der Waals surface area contributed by atoms with Crippen LogP contribution in [0.15, 0.2) is 24.3 Å². The minimum atomic E-state index is -0.785. The van der Waals surface area contributed by atoms with Gasteiger partial charge in [0.1, 0.15) is 5.41 Å². The molecule has 2 amide bonds. The van der Waals surface area contributed by atoms with Crippen LogP contribution >= 0.6 is 0 Å². The van der Waals surface area contributed by atoms with Gasteiger partial charge in [-0.15, -0.1) is 0 Å². The Kier molecular flexibility index (Phi) is 3.24. The third kappa shape index (κ3) is 2.19. The van der Waals surface area contributed by atoms with Gasteiger partial charge in [0.2, 0.25) is 11.8 Å². The Morgan fingerprint density at radius 2 is 1.80 bits per heavy atom. The molecule has 1 saturated heterocycles. The number of nitrogens with one attached hydrogen (secondary N) is 1.